The summed E-state index contributed by atoms with van der Waals surface area (Å²) in [7, 11) is 0. The average Bonchev–Trinajstić information content (AvgIpc) is 2.76. The van der Waals surface area contributed by atoms with Crippen LogP contribution in [0.15, 0.2) is 54.6 Å². The molecule has 0 aliphatic rings. The minimum Gasteiger partial charge on any atom is -0.484 e. The van der Waals surface area contributed by atoms with E-state index in [0.29, 0.717) is 31.7 Å². The number of rotatable bonds is 12. The number of hydrogen-bond donors (Lipinski definition) is 1. The molecule has 1 N–H and O–H groups in total. The van der Waals surface area contributed by atoms with E-state index in [4.69, 9.17) is 4.74 Å². The first-order chi connectivity index (χ1) is 14.5. The maximum Gasteiger partial charge on any atom is 0.261 e. The fraction of sp³-hybridized carbons (Fsp3) is 0.440. The van der Waals surface area contributed by atoms with Gasteiger partial charge in [-0.25, -0.2) is 0 Å². The van der Waals surface area contributed by atoms with Crippen molar-refractivity contribution in [3.63, 3.8) is 0 Å². The fourth-order valence-corrected chi connectivity index (χ4v) is 3.26. The predicted octanol–water partition coefficient (Wildman–Crippen LogP) is 4.14. The van der Waals surface area contributed by atoms with Crippen LogP contribution in [0.4, 0.5) is 0 Å². The van der Waals surface area contributed by atoms with Crippen molar-refractivity contribution < 1.29 is 14.3 Å². The highest BCUT2D eigenvalue weighted by atomic mass is 16.5. The SMILES string of the molecule is CCCCNC(=O)C(CC)N(CCc1ccccc1)C(=O)COc1ccc(C)cc1. The van der Waals surface area contributed by atoms with E-state index in [-0.39, 0.29) is 18.4 Å². The van der Waals surface area contributed by atoms with Crippen molar-refractivity contribution in [2.45, 2.75) is 52.5 Å². The molecule has 0 saturated heterocycles. The molecule has 0 spiro atoms. The molecule has 0 saturated carbocycles. The van der Waals surface area contributed by atoms with Gasteiger partial charge in [-0.15, -0.1) is 0 Å². The Bertz CT molecular complexity index is 775. The van der Waals surface area contributed by atoms with Crippen LogP contribution in [0, 0.1) is 6.92 Å². The quantitative estimate of drug-likeness (QED) is 0.535. The standard InChI is InChI=1S/C25H34N2O3/c1-4-6-17-26-25(29)23(5-2)27(18-16-21-10-8-7-9-11-21)24(28)19-30-22-14-12-20(3)13-15-22/h7-15,23H,4-6,16-19H2,1-3H3,(H,26,29). The molecule has 0 aliphatic heterocycles. The van der Waals surface area contributed by atoms with E-state index in [1.54, 1.807) is 4.90 Å². The molecule has 1 unspecified atom stereocenters. The van der Waals surface area contributed by atoms with Crippen LogP contribution in [0.25, 0.3) is 0 Å². The molecule has 0 radical (unpaired) electrons. The first-order valence-corrected chi connectivity index (χ1v) is 10.9. The van der Waals surface area contributed by atoms with E-state index in [1.165, 1.54) is 0 Å². The first-order valence-electron chi connectivity index (χ1n) is 10.9. The summed E-state index contributed by atoms with van der Waals surface area (Å²) in [5.74, 6) is 0.379. The van der Waals surface area contributed by atoms with E-state index in [2.05, 4.69) is 12.2 Å². The summed E-state index contributed by atoms with van der Waals surface area (Å²) in [6.45, 7) is 7.04. The fourth-order valence-electron chi connectivity index (χ4n) is 3.26. The molecule has 30 heavy (non-hydrogen) atoms. The lowest BCUT2D eigenvalue weighted by molar-refractivity contribution is -0.142. The van der Waals surface area contributed by atoms with Crippen molar-refractivity contribution in [2.75, 3.05) is 19.7 Å². The number of nitrogens with zero attached hydrogens (tertiary/aromatic N) is 1. The molecule has 0 bridgehead atoms. The van der Waals surface area contributed by atoms with E-state index in [1.807, 2.05) is 68.4 Å². The highest BCUT2D eigenvalue weighted by Crippen LogP contribution is 2.13. The molecule has 2 amide bonds. The van der Waals surface area contributed by atoms with Crippen LogP contribution in [-0.2, 0) is 16.0 Å². The Labute approximate surface area is 180 Å². The molecule has 5 heteroatoms. The van der Waals surface area contributed by atoms with Gasteiger partial charge in [-0.1, -0.05) is 68.3 Å². The Balaban J connectivity index is 2.08. The van der Waals surface area contributed by atoms with Crippen molar-refractivity contribution in [1.82, 2.24) is 10.2 Å². The Hall–Kier alpha value is -2.82. The van der Waals surface area contributed by atoms with Gasteiger partial charge in [0.2, 0.25) is 5.91 Å². The van der Waals surface area contributed by atoms with Gasteiger partial charge in [-0.05, 0) is 43.9 Å². The lowest BCUT2D eigenvalue weighted by atomic mass is 10.1. The maximum absolute atomic E-state index is 13.1. The number of ether oxygens (including phenoxy) is 1. The van der Waals surface area contributed by atoms with Gasteiger partial charge in [0.25, 0.3) is 5.91 Å². The topological polar surface area (TPSA) is 58.6 Å². The van der Waals surface area contributed by atoms with Crippen molar-refractivity contribution in [3.8, 4) is 5.75 Å². The van der Waals surface area contributed by atoms with Gasteiger partial charge in [0.15, 0.2) is 6.61 Å². The Morgan fingerprint density at radius 2 is 1.73 bits per heavy atom. The summed E-state index contributed by atoms with van der Waals surface area (Å²) < 4.78 is 5.71. The summed E-state index contributed by atoms with van der Waals surface area (Å²) in [6, 6.07) is 17.1. The number of hydrogen-bond acceptors (Lipinski definition) is 3. The van der Waals surface area contributed by atoms with E-state index in [0.717, 1.165) is 24.0 Å². The molecule has 0 fully saturated rings. The summed E-state index contributed by atoms with van der Waals surface area (Å²) >= 11 is 0. The van der Waals surface area contributed by atoms with Crippen LogP contribution >= 0.6 is 0 Å². The molecular weight excluding hydrogens is 376 g/mol. The second-order valence-corrected chi connectivity index (χ2v) is 7.49. The van der Waals surface area contributed by atoms with Gasteiger partial charge in [-0.3, -0.25) is 9.59 Å². The third-order valence-electron chi connectivity index (χ3n) is 5.08. The normalized spacial score (nSPS) is 11.6. The average molecular weight is 411 g/mol. The molecule has 2 aromatic carbocycles. The molecule has 2 rings (SSSR count). The number of benzene rings is 2. The maximum atomic E-state index is 13.1. The van der Waals surface area contributed by atoms with Gasteiger partial charge in [0, 0.05) is 13.1 Å². The Kier molecular flexibility index (Phi) is 9.92. The Morgan fingerprint density at radius 3 is 2.37 bits per heavy atom. The molecule has 2 aromatic rings. The number of amides is 2. The van der Waals surface area contributed by atoms with Gasteiger partial charge in [-0.2, -0.15) is 0 Å². The van der Waals surface area contributed by atoms with Gasteiger partial charge in [0.05, 0.1) is 0 Å². The van der Waals surface area contributed by atoms with E-state index >= 15 is 0 Å². The van der Waals surface area contributed by atoms with E-state index < -0.39 is 6.04 Å². The zero-order valence-corrected chi connectivity index (χ0v) is 18.4. The lowest BCUT2D eigenvalue weighted by Gasteiger charge is -2.30. The summed E-state index contributed by atoms with van der Waals surface area (Å²) in [5.41, 5.74) is 2.27. The molecule has 5 nitrogen and oxygen atoms in total. The van der Waals surface area contributed by atoms with Gasteiger partial charge >= 0.3 is 0 Å². The number of nitrogens with one attached hydrogen (secondary N) is 1. The van der Waals surface area contributed by atoms with Gasteiger partial charge in [0.1, 0.15) is 11.8 Å². The highest BCUT2D eigenvalue weighted by Gasteiger charge is 2.28. The molecule has 0 heterocycles. The third kappa shape index (κ3) is 7.54. The smallest absolute Gasteiger partial charge is 0.261 e. The summed E-state index contributed by atoms with van der Waals surface area (Å²) in [5, 5.41) is 2.97. The zero-order valence-electron chi connectivity index (χ0n) is 18.4. The number of carbonyl (C=O) groups excluding carboxylic acids is 2. The summed E-state index contributed by atoms with van der Waals surface area (Å²) in [6.07, 6.45) is 3.19. The Morgan fingerprint density at radius 1 is 1.03 bits per heavy atom. The first kappa shape index (κ1) is 23.5. The van der Waals surface area contributed by atoms with Crippen molar-refractivity contribution in [1.29, 1.82) is 0 Å². The van der Waals surface area contributed by atoms with Crippen molar-refractivity contribution >= 4 is 11.8 Å². The van der Waals surface area contributed by atoms with Gasteiger partial charge < -0.3 is 15.0 Å². The third-order valence-corrected chi connectivity index (χ3v) is 5.08. The minimum atomic E-state index is -0.500. The van der Waals surface area contributed by atoms with Crippen LogP contribution in [0.3, 0.4) is 0 Å². The second-order valence-electron chi connectivity index (χ2n) is 7.49. The van der Waals surface area contributed by atoms with Crippen LogP contribution in [0.1, 0.15) is 44.2 Å². The van der Waals surface area contributed by atoms with Crippen LogP contribution in [-0.4, -0.2) is 42.5 Å². The van der Waals surface area contributed by atoms with Crippen LogP contribution in [0.2, 0.25) is 0 Å². The van der Waals surface area contributed by atoms with E-state index in [9.17, 15) is 9.59 Å². The monoisotopic (exact) mass is 410 g/mol. The van der Waals surface area contributed by atoms with Crippen molar-refractivity contribution in [3.05, 3.63) is 65.7 Å². The number of carbonyl (C=O) groups is 2. The number of unbranched alkanes of at least 4 members (excludes halogenated alkanes) is 1. The second kappa shape index (κ2) is 12.7. The lowest BCUT2D eigenvalue weighted by Crippen LogP contribution is -2.51. The summed E-state index contributed by atoms with van der Waals surface area (Å²) in [4.78, 5) is 27.5. The predicted molar refractivity (Wildman–Crippen MR) is 121 cm³/mol. The molecule has 162 valence electrons. The molecule has 0 aliphatic carbocycles. The molecular formula is C25H34N2O3. The number of aryl methyl sites for hydroxylation is 1. The largest absolute Gasteiger partial charge is 0.484 e. The molecule has 1 atom stereocenters. The van der Waals surface area contributed by atoms with Crippen LogP contribution < -0.4 is 10.1 Å². The van der Waals surface area contributed by atoms with Crippen LogP contribution in [0.5, 0.6) is 5.75 Å². The highest BCUT2D eigenvalue weighted by molar-refractivity contribution is 5.88. The van der Waals surface area contributed by atoms with Crippen molar-refractivity contribution in [2.24, 2.45) is 0 Å². The minimum absolute atomic E-state index is 0.0867. The molecule has 0 aromatic heterocycles. The zero-order chi connectivity index (χ0) is 21.8.